The normalized spacial score (nSPS) is 20.9. The molecular formula is C17H24N6O. The maximum absolute atomic E-state index is 11.6. The number of carbonyl (C=O) groups excluding carboxylic acids is 1. The predicted octanol–water partition coefficient (Wildman–Crippen LogP) is 1.41. The van der Waals surface area contributed by atoms with Gasteiger partial charge in [0.1, 0.15) is 0 Å². The molecule has 1 aliphatic carbocycles. The maximum atomic E-state index is 11.6. The van der Waals surface area contributed by atoms with Gasteiger partial charge in [-0.3, -0.25) is 4.79 Å². The van der Waals surface area contributed by atoms with Gasteiger partial charge in [-0.15, -0.1) is 5.10 Å². The van der Waals surface area contributed by atoms with Crippen LogP contribution in [-0.4, -0.2) is 32.2 Å². The highest BCUT2D eigenvalue weighted by Crippen LogP contribution is 2.25. The Bertz CT molecular complexity index is 705. The molecule has 1 aromatic heterocycles. The summed E-state index contributed by atoms with van der Waals surface area (Å²) in [5.41, 5.74) is 8.79. The molecule has 0 saturated heterocycles. The molecule has 1 aromatic carbocycles. The van der Waals surface area contributed by atoms with Crippen LogP contribution in [0.15, 0.2) is 18.2 Å². The number of carbonyl (C=O) groups is 1. The van der Waals surface area contributed by atoms with Gasteiger partial charge in [-0.25, -0.2) is 0 Å². The van der Waals surface area contributed by atoms with Gasteiger partial charge in [0.25, 0.3) is 0 Å². The molecule has 3 rings (SSSR count). The van der Waals surface area contributed by atoms with Gasteiger partial charge in [0.15, 0.2) is 5.82 Å². The first kappa shape index (κ1) is 16.6. The Morgan fingerprint density at radius 1 is 1.29 bits per heavy atom. The van der Waals surface area contributed by atoms with Crippen LogP contribution in [0.25, 0.3) is 5.69 Å². The molecule has 2 aromatic rings. The molecule has 0 spiro atoms. The van der Waals surface area contributed by atoms with E-state index in [1.807, 2.05) is 32.0 Å². The van der Waals surface area contributed by atoms with Crippen LogP contribution < -0.4 is 11.1 Å². The number of hydrogen-bond acceptors (Lipinski definition) is 5. The van der Waals surface area contributed by atoms with Crippen molar-refractivity contribution in [2.24, 2.45) is 11.7 Å². The smallest absolute Gasteiger partial charge is 0.222 e. The average Bonchev–Trinajstić information content (AvgIpc) is 3.01. The van der Waals surface area contributed by atoms with Crippen LogP contribution in [-0.2, 0) is 11.3 Å². The van der Waals surface area contributed by atoms with Gasteiger partial charge in [0.2, 0.25) is 5.91 Å². The molecule has 128 valence electrons. The van der Waals surface area contributed by atoms with E-state index >= 15 is 0 Å². The third-order valence-electron chi connectivity index (χ3n) is 4.84. The summed E-state index contributed by atoms with van der Waals surface area (Å²) in [5.74, 6) is 0.408. The van der Waals surface area contributed by atoms with Crippen LogP contribution in [0.5, 0.6) is 0 Å². The zero-order valence-electron chi connectivity index (χ0n) is 14.2. The summed E-state index contributed by atoms with van der Waals surface area (Å²) >= 11 is 0. The van der Waals surface area contributed by atoms with Gasteiger partial charge in [-0.2, -0.15) is 4.68 Å². The van der Waals surface area contributed by atoms with Crippen LogP contribution in [0.4, 0.5) is 0 Å². The summed E-state index contributed by atoms with van der Waals surface area (Å²) in [7, 11) is 0. The second kappa shape index (κ2) is 7.09. The van der Waals surface area contributed by atoms with Crippen molar-refractivity contribution < 1.29 is 4.79 Å². The highest BCUT2D eigenvalue weighted by atomic mass is 16.1. The Morgan fingerprint density at radius 3 is 2.71 bits per heavy atom. The van der Waals surface area contributed by atoms with Crippen molar-refractivity contribution in [3.63, 3.8) is 0 Å². The fraction of sp³-hybridized carbons (Fsp3) is 0.529. The van der Waals surface area contributed by atoms with Crippen LogP contribution >= 0.6 is 0 Å². The van der Waals surface area contributed by atoms with Crippen molar-refractivity contribution in [3.05, 3.63) is 35.2 Å². The molecule has 2 atom stereocenters. The van der Waals surface area contributed by atoms with E-state index in [0.717, 1.165) is 48.3 Å². The lowest BCUT2D eigenvalue weighted by Gasteiger charge is -2.30. The Hall–Kier alpha value is -2.28. The largest absolute Gasteiger partial charge is 0.369 e. The first-order chi connectivity index (χ1) is 11.6. The number of rotatable bonds is 5. The SMILES string of the molecule is Cc1cccc(C)c1-n1nnnc1CN[C@@H]1CCCC[C@H]1C(N)=O. The van der Waals surface area contributed by atoms with Crippen molar-refractivity contribution in [2.75, 3.05) is 0 Å². The van der Waals surface area contributed by atoms with Gasteiger partial charge >= 0.3 is 0 Å². The lowest BCUT2D eigenvalue weighted by atomic mass is 9.84. The Kier molecular flexibility index (Phi) is 4.89. The Balaban J connectivity index is 1.78. The van der Waals surface area contributed by atoms with Crippen LogP contribution in [0, 0.1) is 19.8 Å². The summed E-state index contributed by atoms with van der Waals surface area (Å²) in [6, 6.07) is 6.21. The minimum absolute atomic E-state index is 0.0966. The molecular weight excluding hydrogens is 304 g/mol. The van der Waals surface area contributed by atoms with E-state index in [4.69, 9.17) is 5.73 Å². The number of aromatic nitrogens is 4. The molecule has 7 nitrogen and oxygen atoms in total. The third-order valence-corrected chi connectivity index (χ3v) is 4.84. The number of nitrogens with one attached hydrogen (secondary N) is 1. The topological polar surface area (TPSA) is 98.7 Å². The average molecular weight is 328 g/mol. The lowest BCUT2D eigenvalue weighted by Crippen LogP contribution is -2.44. The van der Waals surface area contributed by atoms with Crippen LogP contribution in [0.3, 0.4) is 0 Å². The summed E-state index contributed by atoms with van der Waals surface area (Å²) in [6.45, 7) is 4.60. The van der Waals surface area contributed by atoms with Crippen molar-refractivity contribution in [1.29, 1.82) is 0 Å². The number of nitrogens with zero attached hydrogens (tertiary/aromatic N) is 4. The zero-order valence-corrected chi connectivity index (χ0v) is 14.2. The number of aryl methyl sites for hydroxylation is 2. The molecule has 7 heteroatoms. The summed E-state index contributed by atoms with van der Waals surface area (Å²) in [4.78, 5) is 11.6. The van der Waals surface area contributed by atoms with E-state index in [-0.39, 0.29) is 17.9 Å². The first-order valence-electron chi connectivity index (χ1n) is 8.44. The van der Waals surface area contributed by atoms with E-state index in [0.29, 0.717) is 6.54 Å². The fourth-order valence-corrected chi connectivity index (χ4v) is 3.57. The quantitative estimate of drug-likeness (QED) is 0.864. The van der Waals surface area contributed by atoms with E-state index in [9.17, 15) is 4.79 Å². The fourth-order valence-electron chi connectivity index (χ4n) is 3.57. The molecule has 1 fully saturated rings. The number of benzene rings is 1. The summed E-state index contributed by atoms with van der Waals surface area (Å²) in [5, 5.41) is 15.6. The highest BCUT2D eigenvalue weighted by molar-refractivity contribution is 5.77. The Morgan fingerprint density at radius 2 is 2.00 bits per heavy atom. The summed E-state index contributed by atoms with van der Waals surface area (Å²) in [6.07, 6.45) is 3.99. The minimum Gasteiger partial charge on any atom is -0.369 e. The number of hydrogen-bond donors (Lipinski definition) is 2. The zero-order chi connectivity index (χ0) is 17.1. The molecule has 1 saturated carbocycles. The van der Waals surface area contributed by atoms with Gasteiger partial charge in [-0.05, 0) is 48.2 Å². The predicted molar refractivity (Wildman–Crippen MR) is 90.4 cm³/mol. The molecule has 24 heavy (non-hydrogen) atoms. The molecule has 1 heterocycles. The van der Waals surface area contributed by atoms with E-state index < -0.39 is 0 Å². The van der Waals surface area contributed by atoms with Gasteiger partial charge in [0, 0.05) is 6.04 Å². The molecule has 0 bridgehead atoms. The van der Waals surface area contributed by atoms with E-state index in [2.05, 4.69) is 20.8 Å². The molecule has 0 radical (unpaired) electrons. The monoisotopic (exact) mass is 328 g/mol. The maximum Gasteiger partial charge on any atom is 0.222 e. The highest BCUT2D eigenvalue weighted by Gasteiger charge is 2.29. The Labute approximate surface area is 141 Å². The van der Waals surface area contributed by atoms with E-state index in [1.165, 1.54) is 0 Å². The van der Waals surface area contributed by atoms with E-state index in [1.54, 1.807) is 4.68 Å². The van der Waals surface area contributed by atoms with Crippen molar-refractivity contribution in [3.8, 4) is 5.69 Å². The molecule has 0 unspecified atom stereocenters. The lowest BCUT2D eigenvalue weighted by molar-refractivity contribution is -0.123. The number of nitrogens with two attached hydrogens (primary N) is 1. The van der Waals surface area contributed by atoms with Crippen molar-refractivity contribution in [2.45, 2.75) is 52.1 Å². The molecule has 1 aliphatic rings. The molecule has 3 N–H and O–H groups in total. The van der Waals surface area contributed by atoms with Gasteiger partial charge in [-0.1, -0.05) is 31.0 Å². The number of amides is 1. The van der Waals surface area contributed by atoms with Crippen LogP contribution in [0.1, 0.15) is 42.6 Å². The van der Waals surface area contributed by atoms with Crippen LogP contribution in [0.2, 0.25) is 0 Å². The second-order valence-corrected chi connectivity index (χ2v) is 6.53. The number of para-hydroxylation sites is 1. The third kappa shape index (κ3) is 3.31. The standard InChI is InChI=1S/C17H24N6O/c1-11-6-5-7-12(2)16(11)23-15(20-21-22-23)10-19-14-9-4-3-8-13(14)17(18)24/h5-7,13-14,19H,3-4,8-10H2,1-2H3,(H2,18,24)/t13-,14-/m1/s1. The number of primary amides is 1. The summed E-state index contributed by atoms with van der Waals surface area (Å²) < 4.78 is 1.78. The molecule has 1 amide bonds. The minimum atomic E-state index is -0.221. The van der Waals surface area contributed by atoms with Gasteiger partial charge < -0.3 is 11.1 Å². The first-order valence-corrected chi connectivity index (χ1v) is 8.44. The van der Waals surface area contributed by atoms with Crippen molar-refractivity contribution in [1.82, 2.24) is 25.5 Å². The second-order valence-electron chi connectivity index (χ2n) is 6.53. The van der Waals surface area contributed by atoms with Crippen molar-refractivity contribution >= 4 is 5.91 Å². The molecule has 0 aliphatic heterocycles. The van der Waals surface area contributed by atoms with Gasteiger partial charge in [0.05, 0.1) is 18.2 Å². The number of tetrazole rings is 1.